The molecule has 2 N–H and O–H groups in total. The van der Waals surface area contributed by atoms with Crippen LogP contribution < -0.4 is 4.72 Å². The van der Waals surface area contributed by atoms with Crippen molar-refractivity contribution in [3.63, 3.8) is 0 Å². The van der Waals surface area contributed by atoms with Crippen LogP contribution in [0, 0.1) is 0 Å². The monoisotopic (exact) mass is 268 g/mol. The van der Waals surface area contributed by atoms with Gasteiger partial charge in [-0.2, -0.15) is 17.4 Å². The predicted octanol–water partition coefficient (Wildman–Crippen LogP) is -2.31. The second-order valence-corrected chi connectivity index (χ2v) is 5.09. The zero-order chi connectivity index (χ0) is 12.9. The summed E-state index contributed by atoms with van der Waals surface area (Å²) in [5.41, 5.74) is 0. The molecule has 1 rings (SSSR count). The number of morpholine rings is 1. The van der Waals surface area contributed by atoms with Crippen LogP contribution in [-0.4, -0.2) is 69.9 Å². The Hall–Kier alpha value is -0.740. The van der Waals surface area contributed by atoms with Crippen molar-refractivity contribution in [2.24, 2.45) is 0 Å². The van der Waals surface area contributed by atoms with E-state index in [9.17, 15) is 13.2 Å². The van der Waals surface area contributed by atoms with E-state index in [1.54, 1.807) is 0 Å². The Morgan fingerprint density at radius 1 is 1.53 bits per heavy atom. The van der Waals surface area contributed by atoms with Gasteiger partial charge in [0, 0.05) is 13.1 Å². The van der Waals surface area contributed by atoms with Crippen LogP contribution >= 0.6 is 0 Å². The Balaban J connectivity index is 2.66. The predicted molar refractivity (Wildman–Crippen MR) is 57.3 cm³/mol. The number of nitrogens with zero attached hydrogens (tertiary/aromatic N) is 1. The first-order valence-corrected chi connectivity index (χ1v) is 6.49. The molecule has 0 saturated carbocycles. The molecule has 1 fully saturated rings. The molecular weight excluding hydrogens is 252 g/mol. The second kappa shape index (κ2) is 6.26. The topological polar surface area (TPSA) is 105 Å². The SMILES string of the molecule is COC(=O)C(CO)NS(=O)(=O)N1CCOCC1. The molecule has 0 spiro atoms. The summed E-state index contributed by atoms with van der Waals surface area (Å²) in [7, 11) is -2.69. The summed E-state index contributed by atoms with van der Waals surface area (Å²) in [6.45, 7) is 0.394. The number of hydrogen-bond acceptors (Lipinski definition) is 6. The average Bonchev–Trinajstić information content (AvgIpc) is 2.36. The largest absolute Gasteiger partial charge is 0.468 e. The van der Waals surface area contributed by atoms with Gasteiger partial charge in [0.2, 0.25) is 0 Å². The number of esters is 1. The molecule has 9 heteroatoms. The van der Waals surface area contributed by atoms with Crippen molar-refractivity contribution in [3.8, 4) is 0 Å². The van der Waals surface area contributed by atoms with E-state index in [-0.39, 0.29) is 13.1 Å². The molecule has 1 unspecified atom stereocenters. The summed E-state index contributed by atoms with van der Waals surface area (Å²) in [6, 6.07) is -1.28. The number of carbonyl (C=O) groups excluding carboxylic acids is 1. The summed E-state index contributed by atoms with van der Waals surface area (Å²) >= 11 is 0. The Labute approximate surface area is 99.7 Å². The minimum absolute atomic E-state index is 0.217. The Morgan fingerprint density at radius 2 is 2.12 bits per heavy atom. The van der Waals surface area contributed by atoms with Crippen molar-refractivity contribution in [1.82, 2.24) is 9.03 Å². The summed E-state index contributed by atoms with van der Waals surface area (Å²) in [6.07, 6.45) is 0. The smallest absolute Gasteiger partial charge is 0.326 e. The van der Waals surface area contributed by atoms with Gasteiger partial charge in [-0.1, -0.05) is 0 Å². The van der Waals surface area contributed by atoms with Crippen LogP contribution in [0.4, 0.5) is 0 Å². The lowest BCUT2D eigenvalue weighted by Gasteiger charge is -2.27. The number of carbonyl (C=O) groups is 1. The first kappa shape index (κ1) is 14.3. The van der Waals surface area contributed by atoms with Crippen LogP contribution in [0.5, 0.6) is 0 Å². The lowest BCUT2D eigenvalue weighted by molar-refractivity contribution is -0.143. The normalized spacial score (nSPS) is 19.9. The Kier molecular flexibility index (Phi) is 5.28. The van der Waals surface area contributed by atoms with E-state index in [0.29, 0.717) is 13.2 Å². The number of aliphatic hydroxyl groups excluding tert-OH is 1. The van der Waals surface area contributed by atoms with E-state index in [2.05, 4.69) is 9.46 Å². The lowest BCUT2D eigenvalue weighted by Crippen LogP contribution is -2.52. The van der Waals surface area contributed by atoms with E-state index < -0.39 is 28.8 Å². The van der Waals surface area contributed by atoms with E-state index in [1.165, 1.54) is 0 Å². The van der Waals surface area contributed by atoms with Gasteiger partial charge in [0.15, 0.2) is 0 Å². The third-order valence-electron chi connectivity index (χ3n) is 2.27. The van der Waals surface area contributed by atoms with Gasteiger partial charge in [0.05, 0.1) is 26.9 Å². The average molecular weight is 268 g/mol. The fourth-order valence-corrected chi connectivity index (χ4v) is 2.65. The van der Waals surface area contributed by atoms with Crippen molar-refractivity contribution in [3.05, 3.63) is 0 Å². The third kappa shape index (κ3) is 3.89. The molecule has 0 aromatic heterocycles. The number of rotatable bonds is 5. The van der Waals surface area contributed by atoms with Gasteiger partial charge in [-0.25, -0.2) is 0 Å². The van der Waals surface area contributed by atoms with E-state index in [1.807, 2.05) is 0 Å². The van der Waals surface area contributed by atoms with Gasteiger partial charge in [0.25, 0.3) is 10.2 Å². The fraction of sp³-hybridized carbons (Fsp3) is 0.875. The van der Waals surface area contributed by atoms with Crippen molar-refractivity contribution in [1.29, 1.82) is 0 Å². The van der Waals surface area contributed by atoms with Gasteiger partial charge in [-0.15, -0.1) is 0 Å². The van der Waals surface area contributed by atoms with Gasteiger partial charge >= 0.3 is 5.97 Å². The zero-order valence-electron chi connectivity index (χ0n) is 9.46. The number of hydrogen-bond donors (Lipinski definition) is 2. The Morgan fingerprint density at radius 3 is 2.59 bits per heavy atom. The molecule has 1 atom stereocenters. The molecule has 1 aliphatic heterocycles. The van der Waals surface area contributed by atoms with Crippen LogP contribution in [-0.2, 0) is 24.5 Å². The lowest BCUT2D eigenvalue weighted by atomic mass is 10.3. The van der Waals surface area contributed by atoms with Gasteiger partial charge < -0.3 is 14.6 Å². The summed E-state index contributed by atoms with van der Waals surface area (Å²) in [4.78, 5) is 11.2. The number of aliphatic hydroxyl groups is 1. The minimum Gasteiger partial charge on any atom is -0.468 e. The first-order valence-electron chi connectivity index (χ1n) is 5.05. The fourth-order valence-electron chi connectivity index (χ4n) is 1.34. The number of nitrogens with one attached hydrogen (secondary N) is 1. The second-order valence-electron chi connectivity index (χ2n) is 3.39. The highest BCUT2D eigenvalue weighted by Gasteiger charge is 2.30. The highest BCUT2D eigenvalue weighted by Crippen LogP contribution is 2.04. The summed E-state index contributed by atoms with van der Waals surface area (Å²) < 4.78 is 36.3. The van der Waals surface area contributed by atoms with E-state index in [4.69, 9.17) is 9.84 Å². The van der Waals surface area contributed by atoms with Crippen LogP contribution in [0.1, 0.15) is 0 Å². The molecule has 0 aromatic rings. The highest BCUT2D eigenvalue weighted by atomic mass is 32.2. The summed E-state index contributed by atoms with van der Waals surface area (Å²) in [5, 5.41) is 8.92. The molecular formula is C8H16N2O6S. The molecule has 0 aromatic carbocycles. The molecule has 100 valence electrons. The maximum absolute atomic E-state index is 11.8. The van der Waals surface area contributed by atoms with Gasteiger partial charge in [-0.3, -0.25) is 4.79 Å². The number of methoxy groups -OCH3 is 1. The van der Waals surface area contributed by atoms with Gasteiger partial charge in [-0.05, 0) is 0 Å². The molecule has 17 heavy (non-hydrogen) atoms. The van der Waals surface area contributed by atoms with E-state index >= 15 is 0 Å². The summed E-state index contributed by atoms with van der Waals surface area (Å²) in [5.74, 6) is -0.829. The molecule has 1 heterocycles. The van der Waals surface area contributed by atoms with Crippen molar-refractivity contribution < 1.29 is 27.8 Å². The van der Waals surface area contributed by atoms with Gasteiger partial charge in [0.1, 0.15) is 6.04 Å². The minimum atomic E-state index is -3.81. The van der Waals surface area contributed by atoms with Crippen molar-refractivity contribution >= 4 is 16.2 Å². The molecule has 8 nitrogen and oxygen atoms in total. The van der Waals surface area contributed by atoms with Crippen LogP contribution in [0.2, 0.25) is 0 Å². The van der Waals surface area contributed by atoms with Crippen LogP contribution in [0.3, 0.4) is 0 Å². The van der Waals surface area contributed by atoms with Crippen LogP contribution in [0.15, 0.2) is 0 Å². The molecule has 1 saturated heterocycles. The van der Waals surface area contributed by atoms with Crippen LogP contribution in [0.25, 0.3) is 0 Å². The molecule has 0 amide bonds. The molecule has 0 aliphatic carbocycles. The highest BCUT2D eigenvalue weighted by molar-refractivity contribution is 7.87. The van der Waals surface area contributed by atoms with E-state index in [0.717, 1.165) is 11.4 Å². The third-order valence-corrected chi connectivity index (χ3v) is 3.90. The maximum atomic E-state index is 11.8. The zero-order valence-corrected chi connectivity index (χ0v) is 10.3. The Bertz CT molecular complexity index is 351. The standard InChI is InChI=1S/C8H16N2O6S/c1-15-8(12)7(6-11)9-17(13,14)10-2-4-16-5-3-10/h7,9,11H,2-6H2,1H3. The number of ether oxygens (including phenoxy) is 2. The molecule has 0 bridgehead atoms. The first-order chi connectivity index (χ1) is 8.01. The molecule has 0 radical (unpaired) electrons. The van der Waals surface area contributed by atoms with Crippen molar-refractivity contribution in [2.75, 3.05) is 40.0 Å². The maximum Gasteiger partial charge on any atom is 0.326 e. The van der Waals surface area contributed by atoms with Crippen molar-refractivity contribution in [2.45, 2.75) is 6.04 Å². The quantitative estimate of drug-likeness (QED) is 0.543. The molecule has 1 aliphatic rings.